The molecule has 1 unspecified atom stereocenters. The van der Waals surface area contributed by atoms with Gasteiger partial charge in [0.15, 0.2) is 0 Å². The lowest BCUT2D eigenvalue weighted by atomic mass is 10.0. The molecule has 1 amide bonds. The molecule has 0 fully saturated rings. The smallest absolute Gasteiger partial charge is 0.320 e. The first-order valence-electron chi connectivity index (χ1n) is 8.62. The average molecular weight is 381 g/mol. The highest BCUT2D eigenvalue weighted by molar-refractivity contribution is 8.00. The molecule has 5 heteroatoms. The Morgan fingerprint density at radius 2 is 1.44 bits per heavy atom. The number of thioether (sulfide) groups is 1. The molecule has 0 radical (unpaired) electrons. The molecule has 1 heterocycles. The zero-order valence-corrected chi connectivity index (χ0v) is 15.2. The molecule has 1 aliphatic rings. The molecule has 3 aromatic rings. The van der Waals surface area contributed by atoms with E-state index >= 15 is 8.78 Å². The number of carbonyl (C=O) groups excluding carboxylic acids is 1. The summed E-state index contributed by atoms with van der Waals surface area (Å²) in [6.45, 7) is 0.143. The molecule has 1 atom stereocenters. The zero-order valence-electron chi connectivity index (χ0n) is 14.4. The van der Waals surface area contributed by atoms with Crippen molar-refractivity contribution in [2.24, 2.45) is 0 Å². The van der Waals surface area contributed by atoms with Crippen molar-refractivity contribution >= 4 is 17.7 Å². The molecular weight excluding hydrogens is 364 g/mol. The number of halogens is 2. The topological polar surface area (TPSA) is 20.3 Å². The van der Waals surface area contributed by atoms with E-state index in [4.69, 9.17) is 0 Å². The van der Waals surface area contributed by atoms with Crippen LogP contribution in [-0.4, -0.2) is 16.1 Å². The van der Waals surface area contributed by atoms with Gasteiger partial charge < -0.3 is 4.90 Å². The van der Waals surface area contributed by atoms with E-state index in [-0.39, 0.29) is 12.5 Å². The highest BCUT2D eigenvalue weighted by atomic mass is 32.2. The van der Waals surface area contributed by atoms with Crippen LogP contribution in [0, 0.1) is 0 Å². The Labute approximate surface area is 160 Å². The lowest BCUT2D eigenvalue weighted by Crippen LogP contribution is -2.36. The highest BCUT2D eigenvalue weighted by Crippen LogP contribution is 2.51. The minimum Gasteiger partial charge on any atom is -0.320 e. The van der Waals surface area contributed by atoms with Gasteiger partial charge in [-0.25, -0.2) is 0 Å². The Bertz CT molecular complexity index is 947. The van der Waals surface area contributed by atoms with Gasteiger partial charge in [-0.05, 0) is 41.1 Å². The van der Waals surface area contributed by atoms with Gasteiger partial charge in [0.1, 0.15) is 6.04 Å². The van der Waals surface area contributed by atoms with Gasteiger partial charge in [0.25, 0.3) is 5.91 Å². The molecule has 0 saturated heterocycles. The van der Waals surface area contributed by atoms with Crippen molar-refractivity contribution in [3.63, 3.8) is 0 Å². The molecule has 1 aliphatic heterocycles. The van der Waals surface area contributed by atoms with Crippen molar-refractivity contribution in [2.75, 3.05) is 0 Å². The summed E-state index contributed by atoms with van der Waals surface area (Å²) in [5.74, 6) is -0.354. The van der Waals surface area contributed by atoms with E-state index in [1.54, 1.807) is 54.6 Å². The van der Waals surface area contributed by atoms with E-state index in [0.717, 1.165) is 5.56 Å². The second-order valence-electron chi connectivity index (χ2n) is 6.39. The van der Waals surface area contributed by atoms with Gasteiger partial charge in [0.05, 0.1) is 0 Å². The minimum atomic E-state index is -3.17. The molecule has 0 spiro atoms. The normalized spacial score (nSPS) is 16.4. The molecule has 0 bridgehead atoms. The Balaban J connectivity index is 1.72. The molecule has 4 rings (SSSR count). The van der Waals surface area contributed by atoms with Crippen LogP contribution >= 0.6 is 11.8 Å². The van der Waals surface area contributed by atoms with Gasteiger partial charge >= 0.3 is 5.25 Å². The number of rotatable bonds is 5. The van der Waals surface area contributed by atoms with Crippen LogP contribution in [0.5, 0.6) is 0 Å². The third-order valence-electron chi connectivity index (χ3n) is 4.57. The summed E-state index contributed by atoms with van der Waals surface area (Å²) in [7, 11) is 0. The van der Waals surface area contributed by atoms with Gasteiger partial charge in [0, 0.05) is 17.0 Å². The maximum Gasteiger partial charge on any atom is 0.322 e. The Hall–Kier alpha value is -2.66. The summed E-state index contributed by atoms with van der Waals surface area (Å²) in [5, 5.41) is -3.17. The predicted molar refractivity (Wildman–Crippen MR) is 103 cm³/mol. The number of alkyl halides is 2. The molecule has 0 N–H and O–H groups in total. The first-order valence-corrected chi connectivity index (χ1v) is 9.43. The summed E-state index contributed by atoms with van der Waals surface area (Å²) >= 11 is 0.496. The summed E-state index contributed by atoms with van der Waals surface area (Å²) in [4.78, 5) is 14.7. The van der Waals surface area contributed by atoms with Crippen LogP contribution in [0.4, 0.5) is 8.78 Å². The number of nitrogens with zero attached hydrogens (tertiary/aromatic N) is 1. The van der Waals surface area contributed by atoms with Crippen molar-refractivity contribution in [2.45, 2.75) is 22.7 Å². The largest absolute Gasteiger partial charge is 0.322 e. The third-order valence-corrected chi connectivity index (χ3v) is 5.57. The second-order valence-corrected chi connectivity index (χ2v) is 7.61. The Morgan fingerprint density at radius 3 is 2.15 bits per heavy atom. The van der Waals surface area contributed by atoms with Gasteiger partial charge in [0.2, 0.25) is 0 Å². The van der Waals surface area contributed by atoms with Gasteiger partial charge in [-0.3, -0.25) is 4.79 Å². The molecule has 0 saturated carbocycles. The third kappa shape index (κ3) is 3.47. The number of fused-ring (bicyclic) bond motifs is 1. The van der Waals surface area contributed by atoms with E-state index in [2.05, 4.69) is 0 Å². The van der Waals surface area contributed by atoms with Crippen LogP contribution < -0.4 is 0 Å². The standard InChI is InChI=1S/C22H17F2NOS/c23-22(24,27-17-11-5-2-6-12-17)20-18-13-7-8-14-19(18)21(26)25(20)15-16-9-3-1-4-10-16/h1-14,20H,15H2. The van der Waals surface area contributed by atoms with Crippen LogP contribution in [0.2, 0.25) is 0 Å². The number of carbonyl (C=O) groups is 1. The number of hydrogen-bond acceptors (Lipinski definition) is 2. The average Bonchev–Trinajstić information content (AvgIpc) is 2.96. The number of hydrogen-bond donors (Lipinski definition) is 0. The molecule has 0 aliphatic carbocycles. The predicted octanol–water partition coefficient (Wildman–Crippen LogP) is 5.77. The molecular formula is C22H17F2NOS. The summed E-state index contributed by atoms with van der Waals surface area (Å²) in [6.07, 6.45) is 0. The van der Waals surface area contributed by atoms with E-state index < -0.39 is 11.3 Å². The Kier molecular flexibility index (Phi) is 4.70. The Morgan fingerprint density at radius 1 is 0.852 bits per heavy atom. The van der Waals surface area contributed by atoms with Crippen LogP contribution in [0.15, 0.2) is 89.8 Å². The quantitative estimate of drug-likeness (QED) is 0.523. The molecule has 3 aromatic carbocycles. The second kappa shape index (κ2) is 7.16. The zero-order chi connectivity index (χ0) is 18.9. The van der Waals surface area contributed by atoms with E-state index in [1.807, 2.05) is 30.3 Å². The molecule has 2 nitrogen and oxygen atoms in total. The van der Waals surface area contributed by atoms with Gasteiger partial charge in [-0.2, -0.15) is 8.78 Å². The number of amides is 1. The van der Waals surface area contributed by atoms with Crippen molar-refractivity contribution in [3.05, 3.63) is 102 Å². The monoisotopic (exact) mass is 381 g/mol. The van der Waals surface area contributed by atoms with Crippen molar-refractivity contribution in [1.29, 1.82) is 0 Å². The van der Waals surface area contributed by atoms with E-state index in [0.29, 0.717) is 27.8 Å². The first-order chi connectivity index (χ1) is 13.1. The molecule has 0 aromatic heterocycles. The summed E-state index contributed by atoms with van der Waals surface area (Å²) in [6, 6.07) is 23.1. The first kappa shape index (κ1) is 17.7. The fourth-order valence-corrected chi connectivity index (χ4v) is 4.35. The van der Waals surface area contributed by atoms with Crippen molar-refractivity contribution in [1.82, 2.24) is 4.90 Å². The lowest BCUT2D eigenvalue weighted by molar-refractivity contribution is 0.00250. The highest BCUT2D eigenvalue weighted by Gasteiger charge is 2.52. The van der Waals surface area contributed by atoms with Crippen LogP contribution in [-0.2, 0) is 6.54 Å². The maximum atomic E-state index is 15.4. The summed E-state index contributed by atoms with van der Waals surface area (Å²) < 4.78 is 30.8. The fourth-order valence-electron chi connectivity index (χ4n) is 3.38. The van der Waals surface area contributed by atoms with Gasteiger partial charge in [-0.15, -0.1) is 0 Å². The van der Waals surface area contributed by atoms with Crippen LogP contribution in [0.3, 0.4) is 0 Å². The van der Waals surface area contributed by atoms with Crippen molar-refractivity contribution < 1.29 is 13.6 Å². The summed E-state index contributed by atoms with van der Waals surface area (Å²) in [5.41, 5.74) is 1.56. The van der Waals surface area contributed by atoms with Gasteiger partial charge in [-0.1, -0.05) is 66.7 Å². The van der Waals surface area contributed by atoms with Crippen LogP contribution in [0.25, 0.3) is 0 Å². The van der Waals surface area contributed by atoms with Crippen LogP contribution in [0.1, 0.15) is 27.5 Å². The fraction of sp³-hybridized carbons (Fsp3) is 0.136. The molecule has 136 valence electrons. The lowest BCUT2D eigenvalue weighted by Gasteiger charge is -2.31. The SMILES string of the molecule is O=C1c2ccccc2C(C(F)(F)Sc2ccccc2)N1Cc1ccccc1. The van der Waals surface area contributed by atoms with Crippen molar-refractivity contribution in [3.8, 4) is 0 Å². The maximum absolute atomic E-state index is 15.4. The number of benzene rings is 3. The van der Waals surface area contributed by atoms with E-state index in [1.165, 1.54) is 4.90 Å². The minimum absolute atomic E-state index is 0.143. The van der Waals surface area contributed by atoms with E-state index in [9.17, 15) is 4.79 Å². The molecule has 27 heavy (non-hydrogen) atoms.